The van der Waals surface area contributed by atoms with E-state index in [-0.39, 0.29) is 0 Å². The van der Waals surface area contributed by atoms with Crippen molar-refractivity contribution in [2.45, 2.75) is 0 Å². The average Bonchev–Trinajstić information content (AvgIpc) is 1.86. The predicted molar refractivity (Wildman–Crippen MR) is 29.3 cm³/mol. The van der Waals surface area contributed by atoms with Gasteiger partial charge < -0.3 is 0 Å². The van der Waals surface area contributed by atoms with E-state index in [2.05, 4.69) is 10.3 Å². The van der Waals surface area contributed by atoms with Crippen LogP contribution in [0.5, 0.6) is 0 Å². The molecule has 4 heteroatoms. The Morgan fingerprint density at radius 3 is 3.00 bits per heavy atom. The van der Waals surface area contributed by atoms with Crippen LogP contribution in [-0.2, 0) is 0 Å². The van der Waals surface area contributed by atoms with Crippen molar-refractivity contribution in [3.63, 3.8) is 0 Å². The van der Waals surface area contributed by atoms with Crippen LogP contribution in [0.2, 0.25) is 0 Å². The van der Waals surface area contributed by atoms with Crippen molar-refractivity contribution in [2.75, 3.05) is 6.16 Å². The molecule has 2 nitrogen and oxygen atoms in total. The first kappa shape index (κ1) is 4.35. The number of hydrogen-bond acceptors (Lipinski definition) is 2. The fourth-order valence-corrected chi connectivity index (χ4v) is 1.09. The van der Waals surface area contributed by atoms with Crippen molar-refractivity contribution in [3.8, 4) is 0 Å². The molecule has 0 saturated carbocycles. The van der Waals surface area contributed by atoms with Crippen LogP contribution in [0.25, 0.3) is 0 Å². The summed E-state index contributed by atoms with van der Waals surface area (Å²) in [4.78, 5) is 0. The lowest BCUT2D eigenvalue weighted by atomic mass is 10.9. The third-order valence-corrected chi connectivity index (χ3v) is 1.96. The number of hydrazone groups is 1. The van der Waals surface area contributed by atoms with Crippen LogP contribution in [0.1, 0.15) is 0 Å². The molecule has 0 aromatic heterocycles. The monoisotopic (exact) mass is 122 g/mol. The lowest BCUT2D eigenvalue weighted by Gasteiger charge is -1.91. The topological polar surface area (TPSA) is 24.4 Å². The first-order chi connectivity index (χ1) is 2.89. The highest BCUT2D eigenvalue weighted by Gasteiger charge is 2.02. The van der Waals surface area contributed by atoms with Gasteiger partial charge in [-0.3, -0.25) is 5.20 Å². The molecule has 34 valence electrons. The lowest BCUT2D eigenvalue weighted by molar-refractivity contribution is 1.13. The Labute approximate surface area is 42.2 Å². The number of hydrogen-bond donors (Lipinski definition) is 1. The fraction of sp³-hybridized carbons (Fsp3) is 0.500. The zero-order valence-corrected chi connectivity index (χ0v) is 4.71. The van der Waals surface area contributed by atoms with E-state index in [9.17, 15) is 0 Å². The Bertz CT molecular complexity index is 65.9. The third-order valence-electron chi connectivity index (χ3n) is 0.499. The summed E-state index contributed by atoms with van der Waals surface area (Å²) in [5.41, 5.74) is 0. The van der Waals surface area contributed by atoms with Crippen molar-refractivity contribution < 1.29 is 0 Å². The van der Waals surface area contributed by atoms with Gasteiger partial charge in [0.1, 0.15) is 7.43 Å². The molecule has 0 aromatic rings. The molecule has 1 rings (SSSR count). The van der Waals surface area contributed by atoms with E-state index >= 15 is 0 Å². The maximum Gasteiger partial charge on any atom is 0.108 e. The van der Waals surface area contributed by atoms with Gasteiger partial charge >= 0.3 is 0 Å². The minimum absolute atomic E-state index is 0.465. The zero-order chi connectivity index (χ0) is 4.41. The van der Waals surface area contributed by atoms with Gasteiger partial charge in [-0.2, -0.15) is 5.10 Å². The summed E-state index contributed by atoms with van der Waals surface area (Å²) in [6.45, 7) is 0. The second kappa shape index (κ2) is 1.76. The molecule has 6 heavy (non-hydrogen) atoms. The highest BCUT2D eigenvalue weighted by atomic mass is 35.7. The van der Waals surface area contributed by atoms with Gasteiger partial charge in [-0.05, 0) is 0 Å². The number of halogens is 1. The Kier molecular flexibility index (Phi) is 1.28. The van der Waals surface area contributed by atoms with Crippen LogP contribution in [0.3, 0.4) is 0 Å². The summed E-state index contributed by atoms with van der Waals surface area (Å²) in [7, 11) is -0.465. The summed E-state index contributed by atoms with van der Waals surface area (Å²) in [6, 6.07) is 0. The van der Waals surface area contributed by atoms with Crippen LogP contribution in [0.4, 0.5) is 0 Å². The molecular weight excluding hydrogens is 118 g/mol. The Morgan fingerprint density at radius 1 is 2.00 bits per heavy atom. The minimum atomic E-state index is -0.465. The van der Waals surface area contributed by atoms with Crippen LogP contribution < -0.4 is 5.20 Å². The molecule has 1 atom stereocenters. The van der Waals surface area contributed by atoms with E-state index in [4.69, 9.17) is 11.2 Å². The molecule has 0 spiro atoms. The molecule has 0 bridgehead atoms. The van der Waals surface area contributed by atoms with Crippen molar-refractivity contribution >= 4 is 24.9 Å². The van der Waals surface area contributed by atoms with E-state index in [1.54, 1.807) is 6.21 Å². The Balaban J connectivity index is 2.32. The molecule has 1 N–H and O–H groups in total. The van der Waals surface area contributed by atoms with Crippen LogP contribution in [0.15, 0.2) is 5.10 Å². The first-order valence-electron chi connectivity index (χ1n) is 1.60. The van der Waals surface area contributed by atoms with Gasteiger partial charge in [0.25, 0.3) is 0 Å². The van der Waals surface area contributed by atoms with Crippen molar-refractivity contribution in [1.29, 1.82) is 0 Å². The van der Waals surface area contributed by atoms with Gasteiger partial charge in [0.2, 0.25) is 0 Å². The van der Waals surface area contributed by atoms with E-state index in [0.29, 0.717) is 0 Å². The Morgan fingerprint density at radius 2 is 2.83 bits per heavy atom. The van der Waals surface area contributed by atoms with E-state index in [1.807, 2.05) is 0 Å². The summed E-state index contributed by atoms with van der Waals surface area (Å²) in [5, 5.41) is 6.41. The highest BCUT2D eigenvalue weighted by molar-refractivity contribution is 7.83. The fourth-order valence-electron chi connectivity index (χ4n) is 0.257. The molecule has 0 fully saturated rings. The van der Waals surface area contributed by atoms with E-state index in [0.717, 1.165) is 6.16 Å². The van der Waals surface area contributed by atoms with Gasteiger partial charge in [-0.1, -0.05) is 11.2 Å². The summed E-state index contributed by atoms with van der Waals surface area (Å²) in [6.07, 6.45) is 2.70. The molecule has 0 saturated heterocycles. The lowest BCUT2D eigenvalue weighted by Crippen LogP contribution is -1.81. The molecule has 1 unspecified atom stereocenters. The molecule has 0 amide bonds. The van der Waals surface area contributed by atoms with Crippen molar-refractivity contribution in [1.82, 2.24) is 5.20 Å². The molecule has 1 aliphatic rings. The van der Waals surface area contributed by atoms with Gasteiger partial charge in [0, 0.05) is 12.4 Å². The quantitative estimate of drug-likeness (QED) is 0.479. The largest absolute Gasteiger partial charge is 0.274 e. The van der Waals surface area contributed by atoms with Gasteiger partial charge in [-0.15, -0.1) is 0 Å². The molecular formula is C2H4ClN2P. The predicted octanol–water partition coefficient (Wildman–Crippen LogP) is 1.13. The van der Waals surface area contributed by atoms with Crippen LogP contribution in [0, 0.1) is 0 Å². The molecule has 1 aliphatic heterocycles. The zero-order valence-electron chi connectivity index (χ0n) is 3.06. The van der Waals surface area contributed by atoms with E-state index < -0.39 is 7.43 Å². The van der Waals surface area contributed by atoms with Gasteiger partial charge in [0.15, 0.2) is 0 Å². The summed E-state index contributed by atoms with van der Waals surface area (Å²) < 4.78 is 0. The second-order valence-electron chi connectivity index (χ2n) is 0.956. The Hall–Kier alpha value is 0.190. The number of nitrogens with zero attached hydrogens (tertiary/aromatic N) is 1. The maximum absolute atomic E-state index is 5.54. The standard InChI is InChI=1S/C2H4ClN2P/c3-6-2-1-4-5-6/h1,5H,2H2. The minimum Gasteiger partial charge on any atom is -0.274 e. The highest BCUT2D eigenvalue weighted by Crippen LogP contribution is 2.37. The smallest absolute Gasteiger partial charge is 0.108 e. The van der Waals surface area contributed by atoms with E-state index in [1.165, 1.54) is 0 Å². The third kappa shape index (κ3) is 0.825. The van der Waals surface area contributed by atoms with Gasteiger partial charge in [-0.25, -0.2) is 0 Å². The number of rotatable bonds is 0. The molecule has 1 heterocycles. The summed E-state index contributed by atoms with van der Waals surface area (Å²) in [5.74, 6) is 0. The van der Waals surface area contributed by atoms with Crippen molar-refractivity contribution in [2.24, 2.45) is 5.10 Å². The van der Waals surface area contributed by atoms with Crippen molar-refractivity contribution in [3.05, 3.63) is 0 Å². The first-order valence-corrected chi connectivity index (χ1v) is 4.03. The molecule has 0 aromatic carbocycles. The van der Waals surface area contributed by atoms with Crippen LogP contribution >= 0.6 is 18.7 Å². The molecule has 0 aliphatic carbocycles. The second-order valence-corrected chi connectivity index (χ2v) is 3.47. The summed E-state index contributed by atoms with van der Waals surface area (Å²) >= 11 is 5.54. The van der Waals surface area contributed by atoms with Crippen LogP contribution in [-0.4, -0.2) is 12.4 Å². The number of nitrogens with one attached hydrogen (secondary N) is 1. The maximum atomic E-state index is 5.54. The van der Waals surface area contributed by atoms with Gasteiger partial charge in [0.05, 0.1) is 0 Å². The molecule has 0 radical (unpaired) electrons. The average molecular weight is 122 g/mol. The normalized spacial score (nSPS) is 30.5. The SMILES string of the molecule is ClP1CC=NN1.